The van der Waals surface area contributed by atoms with Crippen molar-refractivity contribution in [1.82, 2.24) is 5.48 Å². The van der Waals surface area contributed by atoms with Gasteiger partial charge in [0.15, 0.2) is 0 Å². The highest BCUT2D eigenvalue weighted by molar-refractivity contribution is 6.32. The molecule has 1 unspecified atom stereocenters. The zero-order valence-corrected chi connectivity index (χ0v) is 9.20. The molecule has 4 N–H and O–H groups in total. The maximum Gasteiger partial charge on any atom is 0.113 e. The number of nitrogens with two attached hydrogens (primary N) is 1. The van der Waals surface area contributed by atoms with E-state index in [4.69, 9.17) is 18.8 Å². The second-order valence-corrected chi connectivity index (χ2v) is 4.32. The van der Waals surface area contributed by atoms with Gasteiger partial charge in [-0.25, -0.2) is 5.48 Å². The highest BCUT2D eigenvalue weighted by atomic mass is 16.5. The zero-order valence-electron chi connectivity index (χ0n) is 9.20. The molecule has 0 saturated carbocycles. The second-order valence-electron chi connectivity index (χ2n) is 4.32. The Kier molecular flexibility index (Phi) is 3.91. The van der Waals surface area contributed by atoms with E-state index in [0.29, 0.717) is 6.54 Å². The third-order valence-corrected chi connectivity index (χ3v) is 2.87. The molecule has 0 heterocycles. The van der Waals surface area contributed by atoms with Gasteiger partial charge in [0.25, 0.3) is 0 Å². The quantitative estimate of drug-likeness (QED) is 0.480. The molecule has 1 atom stereocenters. The summed E-state index contributed by atoms with van der Waals surface area (Å²) in [5.74, 6) is 0. The van der Waals surface area contributed by atoms with Crippen molar-refractivity contribution in [3.8, 4) is 0 Å². The Bertz CT molecular complexity index is 328. The van der Waals surface area contributed by atoms with Gasteiger partial charge in [0, 0.05) is 18.0 Å². The van der Waals surface area contributed by atoms with Crippen LogP contribution in [0.1, 0.15) is 19.4 Å². The van der Waals surface area contributed by atoms with E-state index in [2.05, 4.69) is 5.48 Å². The maximum atomic E-state index is 8.65. The van der Waals surface area contributed by atoms with E-state index in [1.807, 2.05) is 38.1 Å². The molecule has 80 valence electrons. The van der Waals surface area contributed by atoms with Crippen molar-refractivity contribution in [1.29, 1.82) is 0 Å². The molecule has 0 spiro atoms. The van der Waals surface area contributed by atoms with Crippen LogP contribution in [0.25, 0.3) is 0 Å². The van der Waals surface area contributed by atoms with Crippen LogP contribution >= 0.6 is 0 Å². The molecule has 0 bridgehead atoms. The van der Waals surface area contributed by atoms with Crippen molar-refractivity contribution in [3.63, 3.8) is 0 Å². The lowest BCUT2D eigenvalue weighted by Gasteiger charge is -2.32. The first-order valence-electron chi connectivity index (χ1n) is 4.97. The van der Waals surface area contributed by atoms with Crippen LogP contribution in [0.4, 0.5) is 0 Å². The van der Waals surface area contributed by atoms with E-state index >= 15 is 0 Å². The van der Waals surface area contributed by atoms with Crippen LogP contribution in [0, 0.1) is 0 Å². The van der Waals surface area contributed by atoms with Gasteiger partial charge in [-0.3, -0.25) is 0 Å². The van der Waals surface area contributed by atoms with E-state index < -0.39 is 0 Å². The molecule has 0 saturated heterocycles. The van der Waals surface area contributed by atoms with Gasteiger partial charge in [0.1, 0.15) is 7.85 Å². The molecule has 1 rings (SSSR count). The number of nitrogens with one attached hydrogen (secondary N) is 1. The number of benzene rings is 1. The summed E-state index contributed by atoms with van der Waals surface area (Å²) in [7, 11) is 5.72. The molecule has 0 aliphatic rings. The van der Waals surface area contributed by atoms with Crippen molar-refractivity contribution in [3.05, 3.63) is 29.8 Å². The Balaban J connectivity index is 2.94. The lowest BCUT2D eigenvalue weighted by atomic mass is 9.76. The van der Waals surface area contributed by atoms with Crippen molar-refractivity contribution in [2.24, 2.45) is 5.73 Å². The summed E-state index contributed by atoms with van der Waals surface area (Å²) >= 11 is 0. The smallest absolute Gasteiger partial charge is 0.113 e. The van der Waals surface area contributed by atoms with Gasteiger partial charge < -0.3 is 10.9 Å². The largest absolute Gasteiger partial charge is 0.326 e. The molecule has 4 heteroatoms. The summed E-state index contributed by atoms with van der Waals surface area (Å²) in [6, 6.07) is 7.48. The highest BCUT2D eigenvalue weighted by Crippen LogP contribution is 2.24. The van der Waals surface area contributed by atoms with Crippen LogP contribution in [0.5, 0.6) is 0 Å². The fourth-order valence-electron chi connectivity index (χ4n) is 1.51. The van der Waals surface area contributed by atoms with E-state index in [1.54, 1.807) is 0 Å². The van der Waals surface area contributed by atoms with E-state index in [9.17, 15) is 0 Å². The number of hydrogen-bond acceptors (Lipinski definition) is 3. The molecule has 1 aromatic carbocycles. The monoisotopic (exact) mass is 204 g/mol. The molecular weight excluding hydrogens is 187 g/mol. The minimum absolute atomic E-state index is 0.177. The van der Waals surface area contributed by atoms with E-state index in [-0.39, 0.29) is 11.5 Å². The second kappa shape index (κ2) is 4.79. The Morgan fingerprint density at radius 1 is 1.53 bits per heavy atom. The first-order chi connectivity index (χ1) is 6.98. The van der Waals surface area contributed by atoms with Crippen LogP contribution in [0.15, 0.2) is 24.3 Å². The topological polar surface area (TPSA) is 58.3 Å². The summed E-state index contributed by atoms with van der Waals surface area (Å²) in [5, 5.41) is 8.65. The molecule has 0 aromatic heterocycles. The minimum atomic E-state index is -0.231. The minimum Gasteiger partial charge on any atom is -0.326 e. The molecule has 1 aromatic rings. The van der Waals surface area contributed by atoms with Gasteiger partial charge >= 0.3 is 0 Å². The standard InChI is InChI=1S/C11H17BN2O/c1-11(2,10(13)7-14-15)8-4-3-5-9(12)6-8/h3-6,10,14-15H,7,13H2,1-2H3. The van der Waals surface area contributed by atoms with Crippen LogP contribution in [0.2, 0.25) is 0 Å². The predicted octanol–water partition coefficient (Wildman–Crippen LogP) is 0.0641. The lowest BCUT2D eigenvalue weighted by molar-refractivity contribution is 0.149. The molecule has 15 heavy (non-hydrogen) atoms. The first kappa shape index (κ1) is 12.2. The van der Waals surface area contributed by atoms with Crippen molar-refractivity contribution < 1.29 is 5.21 Å². The van der Waals surface area contributed by atoms with E-state index in [1.165, 1.54) is 0 Å². The Labute approximate surface area is 92.0 Å². The van der Waals surface area contributed by atoms with Crippen LogP contribution in [0.3, 0.4) is 0 Å². The average Bonchev–Trinajstić information content (AvgIpc) is 2.18. The van der Waals surface area contributed by atoms with Gasteiger partial charge in [-0.2, -0.15) is 0 Å². The maximum absolute atomic E-state index is 8.65. The normalized spacial score (nSPS) is 13.9. The molecule has 0 aliphatic carbocycles. The molecule has 3 nitrogen and oxygen atoms in total. The summed E-state index contributed by atoms with van der Waals surface area (Å²) < 4.78 is 0. The average molecular weight is 204 g/mol. The molecule has 0 fully saturated rings. The van der Waals surface area contributed by atoms with Gasteiger partial charge in [0.05, 0.1) is 0 Å². The summed E-state index contributed by atoms with van der Waals surface area (Å²) in [6.07, 6.45) is 0. The third-order valence-electron chi connectivity index (χ3n) is 2.87. The van der Waals surface area contributed by atoms with Gasteiger partial charge in [0.2, 0.25) is 0 Å². The Morgan fingerprint density at radius 3 is 2.73 bits per heavy atom. The molecular formula is C11H17BN2O. The van der Waals surface area contributed by atoms with Crippen LogP contribution in [-0.2, 0) is 5.41 Å². The van der Waals surface area contributed by atoms with Crippen molar-refractivity contribution in [2.45, 2.75) is 25.3 Å². The van der Waals surface area contributed by atoms with Crippen molar-refractivity contribution in [2.75, 3.05) is 6.54 Å². The van der Waals surface area contributed by atoms with Gasteiger partial charge in [-0.05, 0) is 5.56 Å². The zero-order chi connectivity index (χ0) is 11.5. The van der Waals surface area contributed by atoms with E-state index in [0.717, 1.165) is 11.0 Å². The van der Waals surface area contributed by atoms with Gasteiger partial charge in [-0.15, -0.1) is 0 Å². The fourth-order valence-corrected chi connectivity index (χ4v) is 1.51. The molecule has 0 aliphatic heterocycles. The third kappa shape index (κ3) is 2.81. The summed E-state index contributed by atoms with van der Waals surface area (Å²) in [4.78, 5) is 0. The van der Waals surface area contributed by atoms with Gasteiger partial charge in [-0.1, -0.05) is 43.6 Å². The molecule has 2 radical (unpaired) electrons. The Hall–Kier alpha value is -0.835. The predicted molar refractivity (Wildman–Crippen MR) is 62.6 cm³/mol. The fraction of sp³-hybridized carbons (Fsp3) is 0.455. The number of rotatable bonds is 4. The highest BCUT2D eigenvalue weighted by Gasteiger charge is 2.27. The number of hydroxylamine groups is 1. The number of hydrogen-bond donors (Lipinski definition) is 3. The Morgan fingerprint density at radius 2 is 2.20 bits per heavy atom. The lowest BCUT2D eigenvalue weighted by Crippen LogP contribution is -2.47. The SMILES string of the molecule is [B]c1cccc(C(C)(C)C(N)CNO)c1. The van der Waals surface area contributed by atoms with Crippen LogP contribution in [-0.4, -0.2) is 25.6 Å². The first-order valence-corrected chi connectivity index (χ1v) is 4.97. The summed E-state index contributed by atoms with van der Waals surface area (Å²) in [5.41, 5.74) is 9.65. The van der Waals surface area contributed by atoms with Crippen LogP contribution < -0.4 is 16.7 Å². The summed E-state index contributed by atoms with van der Waals surface area (Å²) in [6.45, 7) is 4.41. The molecule has 0 amide bonds. The van der Waals surface area contributed by atoms with Crippen molar-refractivity contribution >= 4 is 13.3 Å².